The second kappa shape index (κ2) is 10.7. The minimum atomic E-state index is -0.453. The Balaban J connectivity index is 1.41. The van der Waals surface area contributed by atoms with Gasteiger partial charge in [-0.05, 0) is 56.4 Å². The topological polar surface area (TPSA) is 96.9 Å². The fourth-order valence-electron chi connectivity index (χ4n) is 3.82. The standard InChI is InChI=1S/C21H29FN2O5/c22-16-3-1-14(2-4-16)20(26)23-10-7-17-5-6-18(19(13-25)29-17)24-21(27)15-8-11-28-12-9-15/h1-4,15,17-19,25H,5-13H2,(H,23,26)(H,24,27)/t17-,18+,19-/m0/s1. The highest BCUT2D eigenvalue weighted by molar-refractivity contribution is 5.94. The van der Waals surface area contributed by atoms with Gasteiger partial charge in [0.25, 0.3) is 5.91 Å². The zero-order chi connectivity index (χ0) is 20.6. The second-order valence-corrected chi connectivity index (χ2v) is 7.61. The molecule has 0 spiro atoms. The normalized spacial score (nSPS) is 25.4. The minimum Gasteiger partial charge on any atom is -0.394 e. The molecule has 2 amide bonds. The Bertz CT molecular complexity index is 678. The number of aliphatic hydroxyl groups is 1. The van der Waals surface area contributed by atoms with Crippen molar-refractivity contribution in [1.29, 1.82) is 0 Å². The highest BCUT2D eigenvalue weighted by Crippen LogP contribution is 2.23. The number of hydrogen-bond donors (Lipinski definition) is 3. The first-order valence-electron chi connectivity index (χ1n) is 10.2. The maximum absolute atomic E-state index is 12.9. The van der Waals surface area contributed by atoms with Crippen LogP contribution >= 0.6 is 0 Å². The predicted octanol–water partition coefficient (Wildman–Crippen LogP) is 1.40. The van der Waals surface area contributed by atoms with Gasteiger partial charge in [-0.25, -0.2) is 4.39 Å². The largest absolute Gasteiger partial charge is 0.394 e. The first kappa shape index (κ1) is 21.7. The summed E-state index contributed by atoms with van der Waals surface area (Å²) in [6.07, 6.45) is 2.95. The third-order valence-electron chi connectivity index (χ3n) is 5.57. The maximum atomic E-state index is 12.9. The van der Waals surface area contributed by atoms with Gasteiger partial charge < -0.3 is 25.2 Å². The number of rotatable bonds is 7. The number of aliphatic hydroxyl groups excluding tert-OH is 1. The van der Waals surface area contributed by atoms with Gasteiger partial charge in [-0.15, -0.1) is 0 Å². The van der Waals surface area contributed by atoms with Gasteiger partial charge in [-0.2, -0.15) is 0 Å². The van der Waals surface area contributed by atoms with E-state index in [1.807, 2.05) is 0 Å². The van der Waals surface area contributed by atoms with Crippen LogP contribution in [0, 0.1) is 11.7 Å². The van der Waals surface area contributed by atoms with Crippen LogP contribution in [0.4, 0.5) is 4.39 Å². The van der Waals surface area contributed by atoms with Crippen LogP contribution in [-0.4, -0.2) is 61.5 Å². The van der Waals surface area contributed by atoms with Gasteiger partial charge in [-0.1, -0.05) is 0 Å². The van der Waals surface area contributed by atoms with Crippen molar-refractivity contribution in [2.45, 2.75) is 50.4 Å². The van der Waals surface area contributed by atoms with E-state index in [1.54, 1.807) is 0 Å². The molecule has 2 aliphatic rings. The second-order valence-electron chi connectivity index (χ2n) is 7.61. The number of halogens is 1. The van der Waals surface area contributed by atoms with Crippen molar-refractivity contribution in [2.75, 3.05) is 26.4 Å². The summed E-state index contributed by atoms with van der Waals surface area (Å²) in [5.74, 6) is -0.681. The van der Waals surface area contributed by atoms with Crippen LogP contribution < -0.4 is 10.6 Å². The highest BCUT2D eigenvalue weighted by Gasteiger charge is 2.33. The van der Waals surface area contributed by atoms with E-state index in [9.17, 15) is 19.1 Å². The number of carbonyl (C=O) groups is 2. The number of benzene rings is 1. The van der Waals surface area contributed by atoms with Crippen molar-refractivity contribution in [1.82, 2.24) is 10.6 Å². The van der Waals surface area contributed by atoms with E-state index < -0.39 is 6.10 Å². The molecule has 2 aliphatic heterocycles. The lowest BCUT2D eigenvalue weighted by atomic mass is 9.94. The minimum absolute atomic E-state index is 0.00496. The molecule has 3 atom stereocenters. The Hall–Kier alpha value is -2.03. The molecule has 7 nitrogen and oxygen atoms in total. The van der Waals surface area contributed by atoms with E-state index in [4.69, 9.17) is 9.47 Å². The van der Waals surface area contributed by atoms with Gasteiger partial charge in [0.1, 0.15) is 11.9 Å². The average molecular weight is 408 g/mol. The van der Waals surface area contributed by atoms with Gasteiger partial charge in [0.05, 0.1) is 18.8 Å². The van der Waals surface area contributed by atoms with Crippen LogP contribution in [0.1, 0.15) is 42.5 Å². The number of nitrogens with one attached hydrogen (secondary N) is 2. The Morgan fingerprint density at radius 2 is 1.83 bits per heavy atom. The van der Waals surface area contributed by atoms with E-state index in [0.717, 1.165) is 25.7 Å². The number of hydrogen-bond acceptors (Lipinski definition) is 5. The molecular formula is C21H29FN2O5. The summed E-state index contributed by atoms with van der Waals surface area (Å²) < 4.78 is 24.2. The molecule has 1 aromatic rings. The Labute approximate surface area is 170 Å². The Kier molecular flexibility index (Phi) is 7.97. The van der Waals surface area contributed by atoms with E-state index >= 15 is 0 Å². The van der Waals surface area contributed by atoms with Crippen molar-refractivity contribution in [3.8, 4) is 0 Å². The van der Waals surface area contributed by atoms with Crippen LogP contribution in [0.3, 0.4) is 0 Å². The molecule has 2 heterocycles. The molecule has 3 rings (SSSR count). The van der Waals surface area contributed by atoms with Crippen molar-refractivity contribution in [3.05, 3.63) is 35.6 Å². The van der Waals surface area contributed by atoms with Gasteiger partial charge in [-0.3, -0.25) is 9.59 Å². The molecule has 0 aromatic heterocycles. The van der Waals surface area contributed by atoms with Crippen molar-refractivity contribution in [3.63, 3.8) is 0 Å². The Morgan fingerprint density at radius 3 is 2.52 bits per heavy atom. The number of amides is 2. The summed E-state index contributed by atoms with van der Waals surface area (Å²) in [5, 5.41) is 15.5. The van der Waals surface area contributed by atoms with Gasteiger partial charge >= 0.3 is 0 Å². The third-order valence-corrected chi connectivity index (χ3v) is 5.57. The van der Waals surface area contributed by atoms with E-state index in [2.05, 4.69) is 10.6 Å². The summed E-state index contributed by atoms with van der Waals surface area (Å²) in [5.41, 5.74) is 0.403. The number of carbonyl (C=O) groups excluding carboxylic acids is 2. The van der Waals surface area contributed by atoms with Crippen molar-refractivity contribution in [2.24, 2.45) is 5.92 Å². The lowest BCUT2D eigenvalue weighted by Gasteiger charge is -2.37. The smallest absolute Gasteiger partial charge is 0.251 e. The van der Waals surface area contributed by atoms with Gasteiger partial charge in [0.2, 0.25) is 5.91 Å². The monoisotopic (exact) mass is 408 g/mol. The SMILES string of the molecule is O=C(NCC[C@@H]1CC[C@@H](NC(=O)C2CCOCC2)[C@H](CO)O1)c1ccc(F)cc1. The summed E-state index contributed by atoms with van der Waals surface area (Å²) in [6, 6.07) is 5.17. The maximum Gasteiger partial charge on any atom is 0.251 e. The van der Waals surface area contributed by atoms with E-state index in [1.165, 1.54) is 24.3 Å². The Morgan fingerprint density at radius 1 is 1.10 bits per heavy atom. The van der Waals surface area contributed by atoms with Gasteiger partial charge in [0.15, 0.2) is 0 Å². The molecule has 3 N–H and O–H groups in total. The molecule has 160 valence electrons. The fourth-order valence-corrected chi connectivity index (χ4v) is 3.82. The van der Waals surface area contributed by atoms with E-state index in [-0.39, 0.29) is 42.3 Å². The summed E-state index contributed by atoms with van der Waals surface area (Å²) in [4.78, 5) is 24.5. The summed E-state index contributed by atoms with van der Waals surface area (Å²) in [6.45, 7) is 1.46. The molecule has 0 bridgehead atoms. The lowest BCUT2D eigenvalue weighted by Crippen LogP contribution is -2.52. The molecule has 2 fully saturated rings. The van der Waals surface area contributed by atoms with Crippen LogP contribution in [0.5, 0.6) is 0 Å². The highest BCUT2D eigenvalue weighted by atomic mass is 19.1. The van der Waals surface area contributed by atoms with E-state index in [0.29, 0.717) is 31.7 Å². The third kappa shape index (κ3) is 6.22. The van der Waals surface area contributed by atoms with Crippen molar-refractivity contribution < 1.29 is 28.6 Å². The lowest BCUT2D eigenvalue weighted by molar-refractivity contribution is -0.134. The molecule has 8 heteroatoms. The first-order chi connectivity index (χ1) is 14.1. The molecule has 0 unspecified atom stereocenters. The fraction of sp³-hybridized carbons (Fsp3) is 0.619. The zero-order valence-electron chi connectivity index (χ0n) is 16.4. The van der Waals surface area contributed by atoms with Crippen LogP contribution in [0.25, 0.3) is 0 Å². The molecule has 0 radical (unpaired) electrons. The van der Waals surface area contributed by atoms with Crippen molar-refractivity contribution >= 4 is 11.8 Å². The molecule has 29 heavy (non-hydrogen) atoms. The molecule has 0 saturated carbocycles. The molecular weight excluding hydrogens is 379 g/mol. The molecule has 1 aromatic carbocycles. The van der Waals surface area contributed by atoms with Crippen LogP contribution in [0.15, 0.2) is 24.3 Å². The average Bonchev–Trinajstić information content (AvgIpc) is 2.75. The summed E-state index contributed by atoms with van der Waals surface area (Å²) in [7, 11) is 0. The number of ether oxygens (including phenoxy) is 2. The molecule has 2 saturated heterocycles. The van der Waals surface area contributed by atoms with Crippen LogP contribution in [0.2, 0.25) is 0 Å². The summed E-state index contributed by atoms with van der Waals surface area (Å²) >= 11 is 0. The zero-order valence-corrected chi connectivity index (χ0v) is 16.4. The molecule has 0 aliphatic carbocycles. The first-order valence-corrected chi connectivity index (χ1v) is 10.2. The quantitative estimate of drug-likeness (QED) is 0.634. The van der Waals surface area contributed by atoms with Gasteiger partial charge in [0, 0.05) is 31.2 Å². The predicted molar refractivity (Wildman–Crippen MR) is 104 cm³/mol. The van der Waals surface area contributed by atoms with Crippen LogP contribution in [-0.2, 0) is 14.3 Å².